The van der Waals surface area contributed by atoms with Crippen molar-refractivity contribution in [2.24, 2.45) is 5.11 Å². The number of carbonyl (C=O) groups is 5. The van der Waals surface area contributed by atoms with Gasteiger partial charge in [0.05, 0.1) is 65.9 Å². The molecular weight excluding hydrogens is 837 g/mol. The molecule has 0 bridgehead atoms. The molecular formula is C47H58N8O10. The van der Waals surface area contributed by atoms with Crippen molar-refractivity contribution >= 4 is 35.2 Å². The molecule has 5 amide bonds. The van der Waals surface area contributed by atoms with Crippen LogP contribution in [0.3, 0.4) is 0 Å². The summed E-state index contributed by atoms with van der Waals surface area (Å²) in [6, 6.07) is 31.1. The molecule has 0 saturated carbocycles. The van der Waals surface area contributed by atoms with E-state index in [0.29, 0.717) is 44.3 Å². The number of azide groups is 1. The molecule has 0 aromatic heterocycles. The number of nitrogens with one attached hydrogen (secondary N) is 5. The van der Waals surface area contributed by atoms with E-state index in [9.17, 15) is 29.1 Å². The average molecular weight is 895 g/mol. The van der Waals surface area contributed by atoms with Gasteiger partial charge in [-0.1, -0.05) is 108 Å². The van der Waals surface area contributed by atoms with Crippen LogP contribution in [0.25, 0.3) is 10.4 Å². The van der Waals surface area contributed by atoms with Crippen LogP contribution < -0.4 is 26.6 Å². The lowest BCUT2D eigenvalue weighted by Gasteiger charge is -2.37. The highest BCUT2D eigenvalue weighted by Gasteiger charge is 2.39. The molecule has 4 aromatic rings. The van der Waals surface area contributed by atoms with Crippen molar-refractivity contribution in [2.75, 3.05) is 64.7 Å². The third-order valence-electron chi connectivity index (χ3n) is 9.89. The second-order valence-electron chi connectivity index (χ2n) is 14.7. The minimum absolute atomic E-state index is 0.0296. The van der Waals surface area contributed by atoms with Crippen LogP contribution in [0.1, 0.15) is 48.9 Å². The topological polar surface area (TPSA) is 251 Å². The van der Waals surface area contributed by atoms with Crippen molar-refractivity contribution in [3.8, 4) is 0 Å². The van der Waals surface area contributed by atoms with Crippen LogP contribution in [0.2, 0.25) is 0 Å². The van der Waals surface area contributed by atoms with E-state index in [0.717, 1.165) is 16.7 Å². The SMILES string of the molecule is C[C@H](NC(=O)[C@@H](C)NC(=O)CCOCCOCCOCCOCCN=[N+]=[N-])C(=O)N[C@@H](CC(=O)NC(c1ccccc1)(c1ccccc1)c1ccccc1)C(=O)Nc1ccc(CO)cc1. The van der Waals surface area contributed by atoms with Crippen LogP contribution in [0.15, 0.2) is 120 Å². The molecule has 0 aliphatic rings. The van der Waals surface area contributed by atoms with Gasteiger partial charge < -0.3 is 50.6 Å². The lowest BCUT2D eigenvalue weighted by molar-refractivity contribution is -0.133. The maximum atomic E-state index is 14.4. The van der Waals surface area contributed by atoms with E-state index in [1.165, 1.54) is 13.8 Å². The molecule has 0 saturated heterocycles. The zero-order valence-electron chi connectivity index (χ0n) is 36.7. The molecule has 0 radical (unpaired) electrons. The summed E-state index contributed by atoms with van der Waals surface area (Å²) >= 11 is 0. The zero-order chi connectivity index (χ0) is 46.7. The Balaban J connectivity index is 1.33. The first-order valence-corrected chi connectivity index (χ1v) is 21.3. The monoisotopic (exact) mass is 894 g/mol. The Labute approximate surface area is 378 Å². The first-order chi connectivity index (χ1) is 31.6. The highest BCUT2D eigenvalue weighted by molar-refractivity contribution is 6.01. The molecule has 0 aliphatic heterocycles. The zero-order valence-corrected chi connectivity index (χ0v) is 36.7. The number of nitrogens with zero attached hydrogens (tertiary/aromatic N) is 3. The third-order valence-corrected chi connectivity index (χ3v) is 9.89. The quantitative estimate of drug-likeness (QED) is 0.0151. The molecule has 4 rings (SSSR count). The molecule has 0 aliphatic carbocycles. The lowest BCUT2D eigenvalue weighted by Crippen LogP contribution is -2.56. The number of aliphatic hydroxyl groups is 1. The van der Waals surface area contributed by atoms with E-state index in [-0.39, 0.29) is 39.4 Å². The van der Waals surface area contributed by atoms with Crippen LogP contribution in [0.5, 0.6) is 0 Å². The van der Waals surface area contributed by atoms with E-state index in [2.05, 4.69) is 36.6 Å². The summed E-state index contributed by atoms with van der Waals surface area (Å²) in [5, 5.41) is 26.6. The molecule has 3 atom stereocenters. The van der Waals surface area contributed by atoms with Crippen LogP contribution >= 0.6 is 0 Å². The Morgan fingerprint density at radius 1 is 0.600 bits per heavy atom. The lowest BCUT2D eigenvalue weighted by atomic mass is 9.77. The van der Waals surface area contributed by atoms with Gasteiger partial charge in [0.25, 0.3) is 0 Å². The predicted molar refractivity (Wildman–Crippen MR) is 242 cm³/mol. The number of rotatable bonds is 29. The van der Waals surface area contributed by atoms with Crippen LogP contribution in [0, 0.1) is 0 Å². The Hall–Kier alpha value is -6.66. The standard InChI is InChI=1S/C47H58N8O10/c1-34(50-42(57)22-24-62-26-28-64-30-31-65-29-27-63-25-23-49-55-48)44(59)51-35(2)45(60)53-41(46(61)52-40-20-18-36(33-56)19-21-40)32-43(58)54-47(37-12-6-3-7-13-37,38-14-8-4-9-15-38)39-16-10-5-11-17-39/h3-21,34-35,41,56H,22-33H2,1-2H3,(H,50,57)(H,51,59)(H,52,61)(H,53,60)(H,54,58)/t34-,35+,41+/m1/s1. The summed E-state index contributed by atoms with van der Waals surface area (Å²) in [5.41, 5.74) is 10.3. The maximum Gasteiger partial charge on any atom is 0.247 e. The summed E-state index contributed by atoms with van der Waals surface area (Å²) in [5.74, 6) is -3.12. The first kappa shape index (κ1) is 51.0. The van der Waals surface area contributed by atoms with Gasteiger partial charge in [-0.15, -0.1) is 0 Å². The number of benzene rings is 4. The highest BCUT2D eigenvalue weighted by atomic mass is 16.6. The number of amides is 5. The normalized spacial score (nSPS) is 12.4. The Morgan fingerprint density at radius 3 is 1.55 bits per heavy atom. The smallest absolute Gasteiger partial charge is 0.247 e. The van der Waals surface area contributed by atoms with E-state index in [1.807, 2.05) is 91.0 Å². The fourth-order valence-corrected chi connectivity index (χ4v) is 6.52. The van der Waals surface area contributed by atoms with E-state index >= 15 is 0 Å². The maximum absolute atomic E-state index is 14.4. The van der Waals surface area contributed by atoms with Crippen LogP contribution in [0.4, 0.5) is 5.69 Å². The Morgan fingerprint density at radius 2 is 1.06 bits per heavy atom. The molecule has 0 heterocycles. The molecule has 0 spiro atoms. The Bertz CT molecular complexity index is 2030. The summed E-state index contributed by atoms with van der Waals surface area (Å²) in [6.45, 7) is 5.32. The largest absolute Gasteiger partial charge is 0.392 e. The van der Waals surface area contributed by atoms with Gasteiger partial charge in [0.2, 0.25) is 29.5 Å². The number of anilines is 1. The molecule has 4 aromatic carbocycles. The molecule has 18 heteroatoms. The summed E-state index contributed by atoms with van der Waals surface area (Å²) in [7, 11) is 0. The van der Waals surface area contributed by atoms with Gasteiger partial charge in [-0.25, -0.2) is 0 Å². The second-order valence-corrected chi connectivity index (χ2v) is 14.7. The van der Waals surface area contributed by atoms with Crippen molar-refractivity contribution in [3.63, 3.8) is 0 Å². The number of carbonyl (C=O) groups excluding carboxylic acids is 5. The van der Waals surface area contributed by atoms with Gasteiger partial charge >= 0.3 is 0 Å². The Kier molecular flexibility index (Phi) is 22.1. The second kappa shape index (κ2) is 28.2. The minimum Gasteiger partial charge on any atom is -0.392 e. The van der Waals surface area contributed by atoms with Crippen molar-refractivity contribution < 1.29 is 48.0 Å². The minimum atomic E-state index is -1.41. The van der Waals surface area contributed by atoms with Crippen LogP contribution in [-0.4, -0.2) is 112 Å². The van der Waals surface area contributed by atoms with E-state index in [4.69, 9.17) is 24.5 Å². The van der Waals surface area contributed by atoms with Gasteiger partial charge in [-0.3, -0.25) is 24.0 Å². The van der Waals surface area contributed by atoms with Crippen molar-refractivity contribution in [2.45, 2.75) is 57.0 Å². The van der Waals surface area contributed by atoms with Crippen LogP contribution in [-0.2, 0) is 55.1 Å². The molecule has 18 nitrogen and oxygen atoms in total. The van der Waals surface area contributed by atoms with Crippen molar-refractivity contribution in [3.05, 3.63) is 148 Å². The van der Waals surface area contributed by atoms with Gasteiger partial charge in [-0.05, 0) is 53.8 Å². The van der Waals surface area contributed by atoms with E-state index in [1.54, 1.807) is 24.3 Å². The van der Waals surface area contributed by atoms with E-state index < -0.39 is 59.6 Å². The summed E-state index contributed by atoms with van der Waals surface area (Å²) in [4.78, 5) is 70.3. The summed E-state index contributed by atoms with van der Waals surface area (Å²) < 4.78 is 21.5. The molecule has 65 heavy (non-hydrogen) atoms. The predicted octanol–water partition coefficient (Wildman–Crippen LogP) is 3.88. The molecule has 346 valence electrons. The fraction of sp³-hybridized carbons (Fsp3) is 0.383. The first-order valence-electron chi connectivity index (χ1n) is 21.3. The number of hydrogen-bond donors (Lipinski definition) is 6. The molecule has 0 fully saturated rings. The van der Waals surface area contributed by atoms with Crippen molar-refractivity contribution in [1.82, 2.24) is 21.3 Å². The fourth-order valence-electron chi connectivity index (χ4n) is 6.52. The number of ether oxygens (including phenoxy) is 4. The van der Waals surface area contributed by atoms with Gasteiger partial charge in [-0.2, -0.15) is 0 Å². The van der Waals surface area contributed by atoms with Gasteiger partial charge in [0, 0.05) is 23.6 Å². The molecule has 0 unspecified atom stereocenters. The number of aliphatic hydroxyl groups excluding tert-OH is 1. The average Bonchev–Trinajstić information content (AvgIpc) is 3.32. The third kappa shape index (κ3) is 17.1. The van der Waals surface area contributed by atoms with Gasteiger partial charge in [0.15, 0.2) is 0 Å². The summed E-state index contributed by atoms with van der Waals surface area (Å²) in [6.07, 6.45) is -0.520. The number of hydrogen-bond acceptors (Lipinski definition) is 11. The molecule has 6 N–H and O–H groups in total. The highest BCUT2D eigenvalue weighted by Crippen LogP contribution is 2.37. The van der Waals surface area contributed by atoms with Gasteiger partial charge in [0.1, 0.15) is 23.7 Å². The van der Waals surface area contributed by atoms with Crippen molar-refractivity contribution in [1.29, 1.82) is 0 Å².